The summed E-state index contributed by atoms with van der Waals surface area (Å²) in [6.07, 6.45) is 0. The molecule has 0 atom stereocenters. The Hall–Kier alpha value is -0.280. The fourth-order valence-corrected chi connectivity index (χ4v) is 2.22. The van der Waals surface area contributed by atoms with Crippen LogP contribution >= 0.6 is 46.1 Å². The summed E-state index contributed by atoms with van der Waals surface area (Å²) < 4.78 is 0.496. The average Bonchev–Trinajstić information content (AvgIpc) is 2.56. The van der Waals surface area contributed by atoms with Gasteiger partial charge < -0.3 is 0 Å². The molecule has 0 spiro atoms. The minimum absolute atomic E-state index is 0.496. The molecule has 2 rings (SSSR count). The summed E-state index contributed by atoms with van der Waals surface area (Å²) in [6.45, 7) is 0. The Morgan fingerprint density at radius 3 is 2.57 bits per heavy atom. The second kappa shape index (κ2) is 4.07. The molecule has 0 saturated carbocycles. The molecule has 0 aliphatic carbocycles. The minimum atomic E-state index is 0.496. The molecular weight excluding hydrogens is 261 g/mol. The highest BCUT2D eigenvalue weighted by Gasteiger charge is 2.07. The summed E-state index contributed by atoms with van der Waals surface area (Å²) >= 11 is 19.0. The molecule has 1 aromatic heterocycles. The van der Waals surface area contributed by atoms with E-state index in [1.165, 1.54) is 11.3 Å². The summed E-state index contributed by atoms with van der Waals surface area (Å²) in [4.78, 5) is 4.12. The number of benzene rings is 1. The summed E-state index contributed by atoms with van der Waals surface area (Å²) in [5, 5.41) is 3.10. The average molecular weight is 265 g/mol. The van der Waals surface area contributed by atoms with Crippen LogP contribution in [0.4, 0.5) is 0 Å². The van der Waals surface area contributed by atoms with Gasteiger partial charge in [-0.15, -0.1) is 11.3 Å². The van der Waals surface area contributed by atoms with Gasteiger partial charge in [-0.05, 0) is 18.2 Å². The van der Waals surface area contributed by atoms with E-state index in [0.29, 0.717) is 14.5 Å². The standard InChI is InChI=1S/C9H4Cl3NS/c10-5-1-2-7(11)6(3-5)8-4-14-9(12)13-8/h1-4H. The molecule has 1 aromatic carbocycles. The van der Waals surface area contributed by atoms with Crippen molar-refractivity contribution in [2.75, 3.05) is 0 Å². The van der Waals surface area contributed by atoms with E-state index in [-0.39, 0.29) is 0 Å². The van der Waals surface area contributed by atoms with Crippen LogP contribution in [0.2, 0.25) is 14.5 Å². The van der Waals surface area contributed by atoms with Gasteiger partial charge in [0.1, 0.15) is 0 Å². The van der Waals surface area contributed by atoms with Crippen LogP contribution in [0.3, 0.4) is 0 Å². The zero-order chi connectivity index (χ0) is 10.1. The molecule has 0 N–H and O–H groups in total. The Morgan fingerprint density at radius 1 is 1.14 bits per heavy atom. The van der Waals surface area contributed by atoms with Crippen LogP contribution in [0.5, 0.6) is 0 Å². The number of hydrogen-bond donors (Lipinski definition) is 0. The predicted molar refractivity (Wildman–Crippen MR) is 62.6 cm³/mol. The van der Waals surface area contributed by atoms with Crippen molar-refractivity contribution < 1.29 is 0 Å². The molecule has 5 heteroatoms. The van der Waals surface area contributed by atoms with Crippen molar-refractivity contribution in [3.05, 3.63) is 38.1 Å². The van der Waals surface area contributed by atoms with Crippen LogP contribution in [0.1, 0.15) is 0 Å². The normalized spacial score (nSPS) is 10.5. The van der Waals surface area contributed by atoms with E-state index in [4.69, 9.17) is 34.8 Å². The molecule has 2 aromatic rings. The van der Waals surface area contributed by atoms with Gasteiger partial charge >= 0.3 is 0 Å². The number of thiazole rings is 1. The first-order valence-corrected chi connectivity index (χ1v) is 5.74. The Labute approximate surface area is 100 Å². The zero-order valence-corrected chi connectivity index (χ0v) is 9.88. The van der Waals surface area contributed by atoms with Gasteiger partial charge in [0.2, 0.25) is 0 Å². The highest BCUT2D eigenvalue weighted by Crippen LogP contribution is 2.32. The minimum Gasteiger partial charge on any atom is -0.225 e. The summed E-state index contributed by atoms with van der Waals surface area (Å²) in [5.41, 5.74) is 1.56. The van der Waals surface area contributed by atoms with E-state index in [2.05, 4.69) is 4.98 Å². The third-order valence-corrected chi connectivity index (χ3v) is 3.22. The highest BCUT2D eigenvalue weighted by molar-refractivity contribution is 7.14. The third-order valence-electron chi connectivity index (χ3n) is 1.68. The lowest BCUT2D eigenvalue weighted by Crippen LogP contribution is -1.79. The number of aromatic nitrogens is 1. The maximum absolute atomic E-state index is 6.00. The lowest BCUT2D eigenvalue weighted by Gasteiger charge is -2.00. The maximum Gasteiger partial charge on any atom is 0.184 e. The van der Waals surface area contributed by atoms with Crippen molar-refractivity contribution in [3.8, 4) is 11.3 Å². The molecule has 0 fully saturated rings. The molecule has 14 heavy (non-hydrogen) atoms. The van der Waals surface area contributed by atoms with E-state index in [1.807, 2.05) is 5.38 Å². The van der Waals surface area contributed by atoms with Crippen LogP contribution < -0.4 is 0 Å². The molecular formula is C9H4Cl3NS. The Kier molecular flexibility index (Phi) is 2.98. The molecule has 72 valence electrons. The van der Waals surface area contributed by atoms with Crippen molar-refractivity contribution in [1.29, 1.82) is 0 Å². The van der Waals surface area contributed by atoms with Gasteiger partial charge in [0.25, 0.3) is 0 Å². The largest absolute Gasteiger partial charge is 0.225 e. The smallest absolute Gasteiger partial charge is 0.184 e. The quantitative estimate of drug-likeness (QED) is 0.723. The molecule has 0 saturated heterocycles. The van der Waals surface area contributed by atoms with Crippen LogP contribution in [0.25, 0.3) is 11.3 Å². The highest BCUT2D eigenvalue weighted by atomic mass is 35.5. The number of rotatable bonds is 1. The van der Waals surface area contributed by atoms with Crippen molar-refractivity contribution in [2.45, 2.75) is 0 Å². The Balaban J connectivity index is 2.55. The van der Waals surface area contributed by atoms with Crippen LogP contribution in [0, 0.1) is 0 Å². The fraction of sp³-hybridized carbons (Fsp3) is 0. The predicted octanol–water partition coefficient (Wildman–Crippen LogP) is 4.77. The van der Waals surface area contributed by atoms with Gasteiger partial charge in [-0.1, -0.05) is 34.8 Å². The van der Waals surface area contributed by atoms with Crippen LogP contribution in [-0.2, 0) is 0 Å². The first kappa shape index (κ1) is 10.2. The molecule has 0 bridgehead atoms. The molecule has 0 amide bonds. The van der Waals surface area contributed by atoms with E-state index in [9.17, 15) is 0 Å². The second-order valence-corrected chi connectivity index (χ2v) is 4.89. The van der Waals surface area contributed by atoms with Gasteiger partial charge in [0, 0.05) is 16.0 Å². The Bertz CT molecular complexity index is 467. The molecule has 1 nitrogen and oxygen atoms in total. The number of halogens is 3. The lowest BCUT2D eigenvalue weighted by molar-refractivity contribution is 1.41. The van der Waals surface area contributed by atoms with Crippen molar-refractivity contribution in [2.24, 2.45) is 0 Å². The number of nitrogens with zero attached hydrogens (tertiary/aromatic N) is 1. The van der Waals surface area contributed by atoms with E-state index in [1.54, 1.807) is 18.2 Å². The van der Waals surface area contributed by atoms with Gasteiger partial charge in [0.05, 0.1) is 10.7 Å². The van der Waals surface area contributed by atoms with Crippen molar-refractivity contribution in [3.63, 3.8) is 0 Å². The van der Waals surface area contributed by atoms with Gasteiger partial charge in [-0.3, -0.25) is 0 Å². The third kappa shape index (κ3) is 2.04. The van der Waals surface area contributed by atoms with Crippen molar-refractivity contribution >= 4 is 46.1 Å². The summed E-state index contributed by atoms with van der Waals surface area (Å²) in [5.74, 6) is 0. The Morgan fingerprint density at radius 2 is 1.93 bits per heavy atom. The first-order chi connectivity index (χ1) is 6.66. The first-order valence-electron chi connectivity index (χ1n) is 3.73. The monoisotopic (exact) mass is 263 g/mol. The van der Waals surface area contributed by atoms with Crippen LogP contribution in [0.15, 0.2) is 23.6 Å². The van der Waals surface area contributed by atoms with Crippen molar-refractivity contribution in [1.82, 2.24) is 4.98 Å². The topological polar surface area (TPSA) is 12.9 Å². The van der Waals surface area contributed by atoms with Gasteiger partial charge in [-0.2, -0.15) is 0 Å². The van der Waals surface area contributed by atoms with E-state index >= 15 is 0 Å². The molecule has 0 aliphatic heterocycles. The van der Waals surface area contributed by atoms with Gasteiger partial charge in [0.15, 0.2) is 4.47 Å². The SMILES string of the molecule is Clc1ccc(Cl)c(-c2csc(Cl)n2)c1. The zero-order valence-electron chi connectivity index (χ0n) is 6.80. The van der Waals surface area contributed by atoms with Gasteiger partial charge in [-0.25, -0.2) is 4.98 Å². The van der Waals surface area contributed by atoms with E-state index < -0.39 is 0 Å². The molecule has 0 unspecified atom stereocenters. The fourth-order valence-electron chi connectivity index (χ4n) is 1.07. The molecule has 0 aliphatic rings. The second-order valence-electron chi connectivity index (χ2n) is 2.61. The maximum atomic E-state index is 6.00. The number of hydrogen-bond acceptors (Lipinski definition) is 2. The molecule has 1 heterocycles. The summed E-state index contributed by atoms with van der Waals surface area (Å²) in [6, 6.07) is 5.25. The lowest BCUT2D eigenvalue weighted by atomic mass is 10.2. The van der Waals surface area contributed by atoms with E-state index in [0.717, 1.165) is 11.3 Å². The molecule has 0 radical (unpaired) electrons. The van der Waals surface area contributed by atoms with Crippen LogP contribution in [-0.4, -0.2) is 4.98 Å². The summed E-state index contributed by atoms with van der Waals surface area (Å²) in [7, 11) is 0.